The molecule has 1 fully saturated rings. The normalized spacial score (nSPS) is 14.7. The summed E-state index contributed by atoms with van der Waals surface area (Å²) < 4.78 is 24.9. The molecule has 1 aliphatic carbocycles. The van der Waals surface area contributed by atoms with Crippen LogP contribution in [0.3, 0.4) is 0 Å². The average Bonchev–Trinajstić information content (AvgIpc) is 3.31. The van der Waals surface area contributed by atoms with Crippen molar-refractivity contribution >= 4 is 17.2 Å². The molecule has 9 nitrogen and oxygen atoms in total. The Morgan fingerprint density at radius 3 is 2.55 bits per heavy atom. The zero-order chi connectivity index (χ0) is 27.9. The van der Waals surface area contributed by atoms with Crippen molar-refractivity contribution in [2.75, 3.05) is 0 Å². The minimum absolute atomic E-state index is 0.121. The lowest BCUT2D eigenvalue weighted by Gasteiger charge is -2.22. The highest BCUT2D eigenvalue weighted by Gasteiger charge is 2.34. The lowest BCUT2D eigenvalue weighted by Crippen LogP contribution is -2.35. The van der Waals surface area contributed by atoms with Gasteiger partial charge in [-0.3, -0.25) is 4.79 Å². The van der Waals surface area contributed by atoms with Crippen LogP contribution >= 0.6 is 11.3 Å². The van der Waals surface area contributed by atoms with E-state index in [1.54, 1.807) is 54.8 Å². The number of oxazole rings is 1. The first-order valence-corrected chi connectivity index (χ1v) is 13.8. The number of halogens is 1. The van der Waals surface area contributed by atoms with Crippen LogP contribution in [0, 0.1) is 12.7 Å². The van der Waals surface area contributed by atoms with Crippen molar-refractivity contribution < 1.29 is 18.0 Å². The second kappa shape index (κ2) is 10.4. The van der Waals surface area contributed by atoms with Gasteiger partial charge in [-0.1, -0.05) is 12.1 Å². The Morgan fingerprint density at radius 2 is 1.90 bits per heavy atom. The quantitative estimate of drug-likeness (QED) is 0.251. The molecule has 0 aliphatic heterocycles. The number of rotatable bonds is 9. The molecule has 1 atom stereocenters. The van der Waals surface area contributed by atoms with Crippen LogP contribution in [0.2, 0.25) is 0 Å². The van der Waals surface area contributed by atoms with Gasteiger partial charge in [0.1, 0.15) is 17.1 Å². The van der Waals surface area contributed by atoms with Gasteiger partial charge in [0.2, 0.25) is 17.7 Å². The Labute approximate surface area is 233 Å². The van der Waals surface area contributed by atoms with E-state index in [9.17, 15) is 9.18 Å². The number of thiazole rings is 1. The van der Waals surface area contributed by atoms with Crippen LogP contribution in [0.15, 0.2) is 69.1 Å². The summed E-state index contributed by atoms with van der Waals surface area (Å²) in [5.41, 5.74) is 8.92. The number of benzene rings is 2. The van der Waals surface area contributed by atoms with Crippen molar-refractivity contribution in [3.8, 4) is 22.9 Å². The maximum absolute atomic E-state index is 13.9. The van der Waals surface area contributed by atoms with E-state index in [4.69, 9.17) is 14.6 Å². The molecule has 3 aromatic heterocycles. The third kappa shape index (κ3) is 5.56. The van der Waals surface area contributed by atoms with E-state index in [0.717, 1.165) is 29.1 Å². The fourth-order valence-corrected chi connectivity index (χ4v) is 5.35. The number of hydrogen-bond donors (Lipinski definition) is 1. The Morgan fingerprint density at radius 1 is 1.15 bits per heavy atom. The van der Waals surface area contributed by atoms with Crippen molar-refractivity contribution in [1.82, 2.24) is 25.1 Å². The molecule has 5 aromatic rings. The fraction of sp³-hybridized carbons (Fsp3) is 0.276. The topological polar surface area (TPSA) is 124 Å². The van der Waals surface area contributed by atoms with E-state index in [1.165, 1.54) is 18.4 Å². The van der Waals surface area contributed by atoms with Gasteiger partial charge in [-0.05, 0) is 69.0 Å². The number of aryl methyl sites for hydroxylation is 1. The molecule has 0 saturated heterocycles. The minimum atomic E-state index is -1.00. The van der Waals surface area contributed by atoms with Crippen LogP contribution in [0.5, 0.6) is 0 Å². The summed E-state index contributed by atoms with van der Waals surface area (Å²) in [5.74, 6) is 0.358. The second-order valence-corrected chi connectivity index (χ2v) is 11.3. The lowest BCUT2D eigenvalue weighted by molar-refractivity contribution is 0.0729. The number of nitrogens with zero attached hydrogens (tertiary/aromatic N) is 5. The van der Waals surface area contributed by atoms with Crippen LogP contribution in [-0.2, 0) is 18.5 Å². The summed E-state index contributed by atoms with van der Waals surface area (Å²) in [4.78, 5) is 24.6. The molecule has 1 saturated carbocycles. The maximum atomic E-state index is 13.9. The van der Waals surface area contributed by atoms with Crippen LogP contribution in [0.4, 0.5) is 4.39 Å². The first-order valence-electron chi connectivity index (χ1n) is 12.9. The molecule has 2 aromatic carbocycles. The number of aromatic nitrogens is 4. The first-order chi connectivity index (χ1) is 19.2. The SMILES string of the molecule is Cc1csc(CN(C(=O)c2cc(-c3ncco3)cc(-c3nnc(C(C)(N)Cc4ccc(F)cc4)o3)c2)C2CC2)n1. The molecule has 40 heavy (non-hydrogen) atoms. The number of hydrogen-bond acceptors (Lipinski definition) is 9. The largest absolute Gasteiger partial charge is 0.445 e. The molecule has 1 amide bonds. The predicted molar refractivity (Wildman–Crippen MR) is 147 cm³/mol. The van der Waals surface area contributed by atoms with Crippen molar-refractivity contribution in [2.24, 2.45) is 5.73 Å². The minimum Gasteiger partial charge on any atom is -0.445 e. The van der Waals surface area contributed by atoms with Crippen molar-refractivity contribution in [3.63, 3.8) is 0 Å². The van der Waals surface area contributed by atoms with E-state index in [-0.39, 0.29) is 29.5 Å². The summed E-state index contributed by atoms with van der Waals surface area (Å²) in [5, 5.41) is 11.4. The zero-order valence-corrected chi connectivity index (χ0v) is 22.8. The highest BCUT2D eigenvalue weighted by atomic mass is 32.1. The van der Waals surface area contributed by atoms with Gasteiger partial charge in [0, 0.05) is 33.8 Å². The van der Waals surface area contributed by atoms with Gasteiger partial charge in [0.25, 0.3) is 5.91 Å². The number of carbonyl (C=O) groups excluding carboxylic acids is 1. The van der Waals surface area contributed by atoms with Crippen LogP contribution < -0.4 is 5.73 Å². The number of amides is 1. The van der Waals surface area contributed by atoms with Gasteiger partial charge < -0.3 is 19.5 Å². The summed E-state index contributed by atoms with van der Waals surface area (Å²) in [7, 11) is 0. The molecular weight excluding hydrogens is 531 g/mol. The Hall–Kier alpha value is -4.22. The summed E-state index contributed by atoms with van der Waals surface area (Å²) in [6.45, 7) is 4.17. The van der Waals surface area contributed by atoms with Crippen LogP contribution in [0.1, 0.15) is 52.3 Å². The molecule has 1 aliphatic rings. The van der Waals surface area contributed by atoms with E-state index in [1.807, 2.05) is 17.2 Å². The molecule has 0 radical (unpaired) electrons. The van der Waals surface area contributed by atoms with E-state index in [2.05, 4.69) is 20.2 Å². The highest BCUT2D eigenvalue weighted by Crippen LogP contribution is 2.34. The standard InChI is InChI=1S/C29H27FN6O3S/c1-17-16-40-24(33-17)15-36(23-7-8-23)27(37)21-12-19(25-32-9-10-38-25)11-20(13-21)26-34-35-28(39-26)29(2,31)14-18-3-5-22(30)6-4-18/h3-6,9-13,16,23H,7-8,14-15,31H2,1-2H3. The van der Waals surface area contributed by atoms with E-state index >= 15 is 0 Å². The molecule has 6 rings (SSSR count). The molecule has 11 heteroatoms. The van der Waals surface area contributed by atoms with Gasteiger partial charge in [-0.25, -0.2) is 14.4 Å². The highest BCUT2D eigenvalue weighted by molar-refractivity contribution is 7.09. The molecule has 204 valence electrons. The Balaban J connectivity index is 1.33. The van der Waals surface area contributed by atoms with Crippen molar-refractivity contribution in [1.29, 1.82) is 0 Å². The van der Waals surface area contributed by atoms with Gasteiger partial charge in [0.05, 0.1) is 18.3 Å². The third-order valence-electron chi connectivity index (χ3n) is 6.73. The predicted octanol–water partition coefficient (Wildman–Crippen LogP) is 5.52. The van der Waals surface area contributed by atoms with Gasteiger partial charge in [-0.2, -0.15) is 0 Å². The smallest absolute Gasteiger partial charge is 0.254 e. The van der Waals surface area contributed by atoms with E-state index < -0.39 is 5.54 Å². The Kier molecular flexibility index (Phi) is 6.77. The van der Waals surface area contributed by atoms with E-state index in [0.29, 0.717) is 35.5 Å². The molecule has 3 heterocycles. The van der Waals surface area contributed by atoms with Crippen molar-refractivity contribution in [2.45, 2.75) is 51.2 Å². The van der Waals surface area contributed by atoms with Crippen LogP contribution in [-0.4, -0.2) is 37.0 Å². The lowest BCUT2D eigenvalue weighted by atomic mass is 9.94. The summed E-state index contributed by atoms with van der Waals surface area (Å²) >= 11 is 1.55. The molecule has 2 N–H and O–H groups in total. The maximum Gasteiger partial charge on any atom is 0.254 e. The summed E-state index contributed by atoms with van der Waals surface area (Å²) in [6, 6.07) is 11.6. The van der Waals surface area contributed by atoms with Crippen LogP contribution in [0.25, 0.3) is 22.9 Å². The van der Waals surface area contributed by atoms with Gasteiger partial charge in [0.15, 0.2) is 0 Å². The molecule has 1 unspecified atom stereocenters. The van der Waals surface area contributed by atoms with Gasteiger partial charge >= 0.3 is 0 Å². The number of carbonyl (C=O) groups is 1. The fourth-order valence-electron chi connectivity index (χ4n) is 4.58. The summed E-state index contributed by atoms with van der Waals surface area (Å²) in [6.07, 6.45) is 5.30. The Bertz CT molecular complexity index is 1640. The van der Waals surface area contributed by atoms with Crippen molar-refractivity contribution in [3.05, 3.63) is 93.8 Å². The first kappa shape index (κ1) is 26.0. The second-order valence-electron chi connectivity index (χ2n) is 10.3. The average molecular weight is 559 g/mol. The monoisotopic (exact) mass is 558 g/mol. The van der Waals surface area contributed by atoms with Gasteiger partial charge in [-0.15, -0.1) is 21.5 Å². The molecule has 0 spiro atoms. The molecular formula is C29H27FN6O3S. The zero-order valence-electron chi connectivity index (χ0n) is 22.0. The third-order valence-corrected chi connectivity index (χ3v) is 7.68. The molecule has 0 bridgehead atoms. The number of nitrogens with two attached hydrogens (primary N) is 1.